The van der Waals surface area contributed by atoms with Crippen molar-refractivity contribution in [1.29, 1.82) is 0 Å². The number of nitrogens with one attached hydrogen (secondary N) is 3. The monoisotopic (exact) mass is 831 g/mol. The fraction of sp³-hybridized carbons (Fsp3) is 0.419. The van der Waals surface area contributed by atoms with Crippen LogP contribution in [0.1, 0.15) is 74.8 Å². The van der Waals surface area contributed by atoms with Gasteiger partial charge in [-0.05, 0) is 80.8 Å². The molecular formula is C43H50ClN5O10. The Labute approximate surface area is 347 Å². The molecule has 0 saturated carbocycles. The van der Waals surface area contributed by atoms with Crippen molar-refractivity contribution in [2.24, 2.45) is 0 Å². The number of hydrogen-bond donors (Lipinski definition) is 4. The number of benzene rings is 3. The molecule has 4 N–H and O–H groups in total. The highest BCUT2D eigenvalue weighted by Gasteiger charge is 2.45. The minimum absolute atomic E-state index is 0.0532. The molecule has 15 nitrogen and oxygen atoms in total. The highest BCUT2D eigenvalue weighted by Crippen LogP contribution is 2.34. The number of imide groups is 2. The number of amides is 4. The Hall–Kier alpha value is -5.32. The molecule has 3 aromatic rings. The first-order chi connectivity index (χ1) is 28.6. The molecule has 16 heteroatoms. The number of rotatable bonds is 21. The van der Waals surface area contributed by atoms with Crippen LogP contribution >= 0.6 is 11.6 Å². The Morgan fingerprint density at radius 3 is 2.49 bits per heavy atom. The predicted octanol–water partition coefficient (Wildman–Crippen LogP) is 4.91. The van der Waals surface area contributed by atoms with Gasteiger partial charge in [0.25, 0.3) is 11.8 Å². The Kier molecular flexibility index (Phi) is 15.1. The Morgan fingerprint density at radius 2 is 1.76 bits per heavy atom. The summed E-state index contributed by atoms with van der Waals surface area (Å²) >= 11 is 6.56. The predicted molar refractivity (Wildman–Crippen MR) is 221 cm³/mol. The molecule has 2 atom stereocenters. The van der Waals surface area contributed by atoms with E-state index in [4.69, 9.17) is 30.5 Å². The summed E-state index contributed by atoms with van der Waals surface area (Å²) in [6.45, 7) is 6.72. The van der Waals surface area contributed by atoms with E-state index in [0.717, 1.165) is 35.5 Å². The van der Waals surface area contributed by atoms with E-state index in [2.05, 4.69) is 20.9 Å². The molecule has 1 unspecified atom stereocenters. The number of phenolic OH excluding ortho intramolecular Hbond substituents is 1. The minimum Gasteiger partial charge on any atom is -0.507 e. The Bertz CT molecular complexity index is 2080. The van der Waals surface area contributed by atoms with Crippen LogP contribution in [0.4, 0.5) is 11.4 Å². The zero-order valence-corrected chi connectivity index (χ0v) is 34.0. The molecule has 3 aliphatic rings. The second-order valence-electron chi connectivity index (χ2n) is 14.3. The van der Waals surface area contributed by atoms with Gasteiger partial charge >= 0.3 is 0 Å². The number of piperidine rings is 1. The van der Waals surface area contributed by atoms with Gasteiger partial charge in [-0.2, -0.15) is 0 Å². The summed E-state index contributed by atoms with van der Waals surface area (Å²) in [5, 5.41) is 19.8. The second kappa shape index (κ2) is 20.6. The van der Waals surface area contributed by atoms with E-state index >= 15 is 0 Å². The molecule has 0 aliphatic carbocycles. The third-order valence-electron chi connectivity index (χ3n) is 10.4. The fourth-order valence-electron chi connectivity index (χ4n) is 7.47. The smallest absolute Gasteiger partial charge is 0.264 e. The van der Waals surface area contributed by atoms with Crippen LogP contribution in [0.15, 0.2) is 54.6 Å². The molecule has 0 bridgehead atoms. The number of anilines is 2. The maximum atomic E-state index is 13.3. The number of fused-ring (bicyclic) bond motifs is 1. The number of phenols is 1. The highest BCUT2D eigenvalue weighted by atomic mass is 35.5. The number of allylic oxidation sites excluding steroid dienone is 1. The summed E-state index contributed by atoms with van der Waals surface area (Å²) in [5.41, 5.74) is 3.30. The first-order valence-corrected chi connectivity index (χ1v) is 20.2. The van der Waals surface area contributed by atoms with Gasteiger partial charge in [-0.3, -0.25) is 39.1 Å². The maximum Gasteiger partial charge on any atom is 0.264 e. The van der Waals surface area contributed by atoms with Crippen LogP contribution in [0.25, 0.3) is 6.08 Å². The number of carbonyl (C=O) groups is 5. The molecular weight excluding hydrogens is 782 g/mol. The van der Waals surface area contributed by atoms with Crippen LogP contribution in [0.3, 0.4) is 0 Å². The van der Waals surface area contributed by atoms with Gasteiger partial charge in [-0.1, -0.05) is 23.7 Å². The number of nitrogens with zero attached hydrogens (tertiary/aromatic N) is 2. The average molecular weight is 832 g/mol. The average Bonchev–Trinajstić information content (AvgIpc) is 3.76. The SMILES string of the molecule is CCOc1cc(O)c(C(=O)/C=C/c2ccc(NCCOCCOCCNc3cccc4c3C(=O)N(C3CCC(=O)NC3=O)C4=O)cc2Cl)cc1CN1CCC[C@H]1COC. The zero-order valence-electron chi connectivity index (χ0n) is 33.2. The second-order valence-corrected chi connectivity index (χ2v) is 14.7. The number of likely N-dealkylation sites (tertiary alicyclic amines) is 1. The maximum absolute atomic E-state index is 13.3. The van der Waals surface area contributed by atoms with E-state index in [0.29, 0.717) is 81.3 Å². The number of halogens is 1. The van der Waals surface area contributed by atoms with Gasteiger partial charge in [0.2, 0.25) is 11.8 Å². The summed E-state index contributed by atoms with van der Waals surface area (Å²) < 4.78 is 22.6. The minimum atomic E-state index is -1.03. The van der Waals surface area contributed by atoms with Crippen LogP contribution in [-0.4, -0.2) is 123 Å². The van der Waals surface area contributed by atoms with Crippen LogP contribution in [-0.2, 0) is 30.3 Å². The van der Waals surface area contributed by atoms with E-state index in [1.807, 2.05) is 13.0 Å². The van der Waals surface area contributed by atoms with Crippen molar-refractivity contribution in [1.82, 2.24) is 15.1 Å². The van der Waals surface area contributed by atoms with Crippen molar-refractivity contribution in [3.63, 3.8) is 0 Å². The van der Waals surface area contributed by atoms with Gasteiger partial charge in [0.05, 0.1) is 56.3 Å². The van der Waals surface area contributed by atoms with E-state index in [-0.39, 0.29) is 47.1 Å². The number of carbonyl (C=O) groups excluding carboxylic acids is 5. The van der Waals surface area contributed by atoms with Gasteiger partial charge in [0, 0.05) is 67.2 Å². The lowest BCUT2D eigenvalue weighted by Crippen LogP contribution is -2.54. The van der Waals surface area contributed by atoms with Crippen LogP contribution < -0.4 is 20.7 Å². The first kappa shape index (κ1) is 43.3. The van der Waals surface area contributed by atoms with Crippen LogP contribution in [0, 0.1) is 0 Å². The first-order valence-electron chi connectivity index (χ1n) is 19.8. The van der Waals surface area contributed by atoms with Crippen molar-refractivity contribution >= 4 is 58.5 Å². The van der Waals surface area contributed by atoms with E-state index < -0.39 is 29.7 Å². The van der Waals surface area contributed by atoms with Crippen molar-refractivity contribution in [2.45, 2.75) is 51.2 Å². The van der Waals surface area contributed by atoms with Crippen molar-refractivity contribution in [3.8, 4) is 11.5 Å². The zero-order chi connectivity index (χ0) is 41.9. The summed E-state index contributed by atoms with van der Waals surface area (Å²) in [6.07, 6.45) is 5.28. The normalized spacial score (nSPS) is 18.1. The number of aromatic hydroxyl groups is 1. The van der Waals surface area contributed by atoms with Crippen LogP contribution in [0.2, 0.25) is 5.02 Å². The molecule has 0 spiro atoms. The summed E-state index contributed by atoms with van der Waals surface area (Å²) in [4.78, 5) is 66.7. The van der Waals surface area contributed by atoms with E-state index in [1.165, 1.54) is 12.1 Å². The fourth-order valence-corrected chi connectivity index (χ4v) is 7.71. The van der Waals surface area contributed by atoms with Crippen molar-refractivity contribution in [2.75, 3.05) is 77.0 Å². The largest absolute Gasteiger partial charge is 0.507 e. The lowest BCUT2D eigenvalue weighted by molar-refractivity contribution is -0.136. The standard InChI is InChI=1S/C43H50ClN5O10/c1-3-59-38-24-37(51)32(22-28(38)25-48-17-5-6-30(48)26-56-2)36(50)13-10-27-9-11-29(23-33(27)44)45-15-18-57-20-21-58-19-16-46-34-8-4-7-31-40(34)43(55)49(42(31)54)35-12-14-39(52)47-41(35)53/h4,7-11,13,22-24,30,35,45-46,51H,3,5-6,12,14-21,25-26H2,1-2H3,(H,47,52,53)/b13-10+/t30-,35?/m0/s1. The molecule has 0 radical (unpaired) electrons. The van der Waals surface area contributed by atoms with Crippen molar-refractivity contribution in [3.05, 3.63) is 87.4 Å². The molecule has 3 aliphatic heterocycles. The van der Waals surface area contributed by atoms with Gasteiger partial charge in [-0.15, -0.1) is 0 Å². The van der Waals surface area contributed by atoms with E-state index in [9.17, 15) is 29.1 Å². The number of methoxy groups -OCH3 is 1. The number of ketones is 1. The molecule has 6 rings (SSSR count). The topological polar surface area (TPSA) is 185 Å². The molecule has 2 saturated heterocycles. The third-order valence-corrected chi connectivity index (χ3v) is 10.7. The van der Waals surface area contributed by atoms with E-state index in [1.54, 1.807) is 49.6 Å². The molecule has 0 aromatic heterocycles. The molecule has 2 fully saturated rings. The summed E-state index contributed by atoms with van der Waals surface area (Å²) in [5.74, 6) is -2.16. The molecule has 3 aromatic carbocycles. The molecule has 4 amide bonds. The van der Waals surface area contributed by atoms with Gasteiger partial charge in [-0.25, -0.2) is 0 Å². The summed E-state index contributed by atoms with van der Waals surface area (Å²) in [7, 11) is 1.70. The highest BCUT2D eigenvalue weighted by molar-refractivity contribution is 6.32. The number of ether oxygens (including phenoxy) is 4. The number of hydrogen-bond acceptors (Lipinski definition) is 13. The Balaban J connectivity index is 0.900. The van der Waals surface area contributed by atoms with Crippen molar-refractivity contribution < 1.29 is 48.0 Å². The lowest BCUT2D eigenvalue weighted by atomic mass is 10.0. The van der Waals surface area contributed by atoms with Crippen LogP contribution in [0.5, 0.6) is 11.5 Å². The third kappa shape index (κ3) is 10.7. The van der Waals surface area contributed by atoms with Gasteiger partial charge in [0.15, 0.2) is 5.78 Å². The van der Waals surface area contributed by atoms with Gasteiger partial charge < -0.3 is 34.7 Å². The van der Waals surface area contributed by atoms with Gasteiger partial charge in [0.1, 0.15) is 17.5 Å². The Morgan fingerprint density at radius 1 is 0.983 bits per heavy atom. The summed E-state index contributed by atoms with van der Waals surface area (Å²) in [6, 6.07) is 12.8. The lowest BCUT2D eigenvalue weighted by Gasteiger charge is -2.27. The molecule has 59 heavy (non-hydrogen) atoms. The molecule has 3 heterocycles. The quantitative estimate of drug-likeness (QED) is 0.0492. The molecule has 314 valence electrons.